The molecule has 2 heteroatoms. The van der Waals surface area contributed by atoms with Crippen molar-refractivity contribution in [3.63, 3.8) is 0 Å². The Kier molecular flexibility index (Phi) is 3.79. The highest BCUT2D eigenvalue weighted by molar-refractivity contribution is 6.30. The van der Waals surface area contributed by atoms with Crippen LogP contribution in [0.4, 0.5) is 0 Å². The Labute approximate surface area is 110 Å². The van der Waals surface area contributed by atoms with Gasteiger partial charge in [0.15, 0.2) is 0 Å². The van der Waals surface area contributed by atoms with E-state index in [4.69, 9.17) is 11.6 Å². The molecule has 0 radical (unpaired) electrons. The van der Waals surface area contributed by atoms with Crippen molar-refractivity contribution in [3.05, 3.63) is 34.9 Å². The molecule has 1 aliphatic rings. The first kappa shape index (κ1) is 12.9. The van der Waals surface area contributed by atoms with E-state index in [2.05, 4.69) is 38.2 Å². The summed E-state index contributed by atoms with van der Waals surface area (Å²) in [6, 6.07) is 9.19. The zero-order chi connectivity index (χ0) is 12.5. The zero-order valence-corrected chi connectivity index (χ0v) is 11.7. The fourth-order valence-electron chi connectivity index (χ4n) is 2.79. The van der Waals surface area contributed by atoms with E-state index < -0.39 is 0 Å². The zero-order valence-electron chi connectivity index (χ0n) is 11.0. The summed E-state index contributed by atoms with van der Waals surface area (Å²) in [6.07, 6.45) is 3.97. The summed E-state index contributed by atoms with van der Waals surface area (Å²) in [4.78, 5) is 0. The molecule has 1 N–H and O–H groups in total. The lowest BCUT2D eigenvalue weighted by Crippen LogP contribution is -2.39. The average Bonchev–Trinajstić information content (AvgIpc) is 2.59. The minimum absolute atomic E-state index is 0.398. The molecule has 0 bridgehead atoms. The van der Waals surface area contributed by atoms with Crippen molar-refractivity contribution in [3.8, 4) is 0 Å². The van der Waals surface area contributed by atoms with E-state index in [0.717, 1.165) is 5.02 Å². The summed E-state index contributed by atoms with van der Waals surface area (Å²) in [6.45, 7) is 6.97. The molecule has 1 unspecified atom stereocenters. The Morgan fingerprint density at radius 1 is 1.29 bits per heavy atom. The van der Waals surface area contributed by atoms with Gasteiger partial charge in [-0.3, -0.25) is 0 Å². The van der Waals surface area contributed by atoms with Crippen molar-refractivity contribution in [2.24, 2.45) is 5.41 Å². The number of benzene rings is 1. The van der Waals surface area contributed by atoms with Gasteiger partial charge in [-0.1, -0.05) is 44.0 Å². The smallest absolute Gasteiger partial charge is 0.0406 e. The predicted octanol–water partition coefficient (Wildman–Crippen LogP) is 4.57. The van der Waals surface area contributed by atoms with Gasteiger partial charge in [0.1, 0.15) is 0 Å². The first-order valence-corrected chi connectivity index (χ1v) is 6.88. The van der Waals surface area contributed by atoms with Crippen LogP contribution in [0.2, 0.25) is 5.02 Å². The predicted molar refractivity (Wildman–Crippen MR) is 74.4 cm³/mol. The lowest BCUT2D eigenvalue weighted by molar-refractivity contribution is 0.266. The van der Waals surface area contributed by atoms with Crippen molar-refractivity contribution < 1.29 is 0 Å². The van der Waals surface area contributed by atoms with Crippen LogP contribution < -0.4 is 5.32 Å². The van der Waals surface area contributed by atoms with Crippen LogP contribution in [-0.4, -0.2) is 6.04 Å². The molecule has 1 saturated carbocycles. The van der Waals surface area contributed by atoms with Crippen LogP contribution in [0, 0.1) is 5.41 Å². The molecular weight excluding hydrogens is 230 g/mol. The number of hydrogen-bond donors (Lipinski definition) is 1. The first-order valence-electron chi connectivity index (χ1n) is 6.50. The van der Waals surface area contributed by atoms with Crippen molar-refractivity contribution in [1.82, 2.24) is 5.32 Å². The maximum atomic E-state index is 5.91. The second kappa shape index (κ2) is 4.99. The third kappa shape index (κ3) is 3.02. The molecule has 1 aromatic rings. The van der Waals surface area contributed by atoms with Gasteiger partial charge in [-0.2, -0.15) is 0 Å². The van der Waals surface area contributed by atoms with E-state index in [1.165, 1.54) is 24.8 Å². The van der Waals surface area contributed by atoms with Crippen molar-refractivity contribution in [2.75, 3.05) is 0 Å². The van der Waals surface area contributed by atoms with Crippen LogP contribution in [0.5, 0.6) is 0 Å². The summed E-state index contributed by atoms with van der Waals surface area (Å²) in [5.41, 5.74) is 1.75. The molecule has 17 heavy (non-hydrogen) atoms. The highest BCUT2D eigenvalue weighted by Crippen LogP contribution is 2.38. The van der Waals surface area contributed by atoms with Gasteiger partial charge in [0.05, 0.1) is 0 Å². The molecule has 0 amide bonds. The van der Waals surface area contributed by atoms with E-state index in [0.29, 0.717) is 17.5 Å². The quantitative estimate of drug-likeness (QED) is 0.830. The number of nitrogens with one attached hydrogen (secondary N) is 1. The molecule has 0 aromatic heterocycles. The second-order valence-electron chi connectivity index (χ2n) is 5.87. The van der Waals surface area contributed by atoms with Gasteiger partial charge in [-0.05, 0) is 42.9 Å². The molecule has 1 aromatic carbocycles. The standard InChI is InChI=1S/C15H22ClN/c1-11(12-6-8-13(16)9-7-12)17-14-5-4-10-15(14,2)3/h6-9,11,14,17H,4-5,10H2,1-3H3/t11-,14?/m1/s1. The van der Waals surface area contributed by atoms with E-state index in [1.54, 1.807) is 0 Å². The summed E-state index contributed by atoms with van der Waals surface area (Å²) < 4.78 is 0. The van der Waals surface area contributed by atoms with Gasteiger partial charge < -0.3 is 5.32 Å². The van der Waals surface area contributed by atoms with Crippen LogP contribution in [0.25, 0.3) is 0 Å². The van der Waals surface area contributed by atoms with E-state index in [1.807, 2.05) is 12.1 Å². The lowest BCUT2D eigenvalue weighted by atomic mass is 9.86. The maximum absolute atomic E-state index is 5.91. The molecule has 0 aliphatic heterocycles. The van der Waals surface area contributed by atoms with Crippen molar-refractivity contribution in [1.29, 1.82) is 0 Å². The van der Waals surface area contributed by atoms with Gasteiger partial charge >= 0.3 is 0 Å². The molecule has 94 valence electrons. The van der Waals surface area contributed by atoms with Gasteiger partial charge in [0.25, 0.3) is 0 Å². The van der Waals surface area contributed by atoms with Crippen LogP contribution in [-0.2, 0) is 0 Å². The molecule has 2 rings (SSSR count). The van der Waals surface area contributed by atoms with Crippen LogP contribution in [0.3, 0.4) is 0 Å². The summed E-state index contributed by atoms with van der Waals surface area (Å²) >= 11 is 5.91. The second-order valence-corrected chi connectivity index (χ2v) is 6.31. The molecule has 0 spiro atoms. The van der Waals surface area contributed by atoms with Gasteiger partial charge in [0.2, 0.25) is 0 Å². The molecule has 0 saturated heterocycles. The molecular formula is C15H22ClN. The first-order chi connectivity index (χ1) is 7.99. The Hall–Kier alpha value is -0.530. The van der Waals surface area contributed by atoms with E-state index >= 15 is 0 Å². The topological polar surface area (TPSA) is 12.0 Å². The molecule has 1 fully saturated rings. The molecule has 2 atom stereocenters. The molecule has 0 heterocycles. The highest BCUT2D eigenvalue weighted by Gasteiger charge is 2.34. The van der Waals surface area contributed by atoms with Crippen molar-refractivity contribution >= 4 is 11.6 Å². The van der Waals surface area contributed by atoms with E-state index in [9.17, 15) is 0 Å². The maximum Gasteiger partial charge on any atom is 0.0406 e. The fraction of sp³-hybridized carbons (Fsp3) is 0.600. The Morgan fingerprint density at radius 2 is 1.94 bits per heavy atom. The van der Waals surface area contributed by atoms with Gasteiger partial charge in [0, 0.05) is 17.1 Å². The Morgan fingerprint density at radius 3 is 2.47 bits per heavy atom. The van der Waals surface area contributed by atoms with Crippen molar-refractivity contribution in [2.45, 2.75) is 52.1 Å². The summed E-state index contributed by atoms with van der Waals surface area (Å²) in [7, 11) is 0. The minimum Gasteiger partial charge on any atom is -0.307 e. The van der Waals surface area contributed by atoms with Gasteiger partial charge in [-0.15, -0.1) is 0 Å². The van der Waals surface area contributed by atoms with Gasteiger partial charge in [-0.25, -0.2) is 0 Å². The number of halogens is 1. The summed E-state index contributed by atoms with van der Waals surface area (Å²) in [5, 5.41) is 4.57. The largest absolute Gasteiger partial charge is 0.307 e. The van der Waals surface area contributed by atoms with Crippen LogP contribution in [0.1, 0.15) is 51.6 Å². The van der Waals surface area contributed by atoms with Crippen LogP contribution >= 0.6 is 11.6 Å². The third-order valence-corrected chi connectivity index (χ3v) is 4.33. The Bertz CT molecular complexity index is 369. The normalized spacial score (nSPS) is 24.8. The lowest BCUT2D eigenvalue weighted by Gasteiger charge is -2.31. The number of rotatable bonds is 3. The van der Waals surface area contributed by atoms with E-state index in [-0.39, 0.29) is 0 Å². The number of hydrogen-bond acceptors (Lipinski definition) is 1. The Balaban J connectivity index is 2.01. The average molecular weight is 252 g/mol. The monoisotopic (exact) mass is 251 g/mol. The third-order valence-electron chi connectivity index (χ3n) is 4.08. The minimum atomic E-state index is 0.398. The molecule has 1 nitrogen and oxygen atoms in total. The fourth-order valence-corrected chi connectivity index (χ4v) is 2.91. The molecule has 1 aliphatic carbocycles. The van der Waals surface area contributed by atoms with Crippen LogP contribution in [0.15, 0.2) is 24.3 Å². The summed E-state index contributed by atoms with van der Waals surface area (Å²) in [5.74, 6) is 0. The highest BCUT2D eigenvalue weighted by atomic mass is 35.5. The SMILES string of the molecule is C[C@@H](NC1CCCC1(C)C)c1ccc(Cl)cc1.